The number of rotatable bonds is 6. The van der Waals surface area contributed by atoms with Gasteiger partial charge in [0.05, 0.1) is 13.2 Å². The van der Waals surface area contributed by atoms with E-state index in [1.165, 1.54) is 5.56 Å². The van der Waals surface area contributed by atoms with E-state index in [0.29, 0.717) is 0 Å². The molecule has 0 saturated heterocycles. The van der Waals surface area contributed by atoms with E-state index in [-0.39, 0.29) is 6.04 Å². The largest absolute Gasteiger partial charge is 0.496 e. The molecule has 20 heavy (non-hydrogen) atoms. The first-order valence-electron chi connectivity index (χ1n) is 6.72. The highest BCUT2D eigenvalue weighted by molar-refractivity contribution is 5.39. The van der Waals surface area contributed by atoms with Crippen LogP contribution in [0.1, 0.15) is 29.4 Å². The summed E-state index contributed by atoms with van der Waals surface area (Å²) in [5, 5.41) is 0. The average Bonchev–Trinajstić information content (AvgIpc) is 2.85. The highest BCUT2D eigenvalue weighted by Gasteiger charge is 2.16. The maximum absolute atomic E-state index is 5.72. The van der Waals surface area contributed by atoms with Crippen molar-refractivity contribution in [2.24, 2.45) is 12.9 Å². The summed E-state index contributed by atoms with van der Waals surface area (Å²) >= 11 is 0. The second kappa shape index (κ2) is 6.54. The molecule has 2 aromatic rings. The van der Waals surface area contributed by atoms with Gasteiger partial charge in [-0.05, 0) is 19.4 Å². The maximum atomic E-state index is 5.72. The van der Waals surface area contributed by atoms with Gasteiger partial charge in [-0.25, -0.2) is 4.98 Å². The molecule has 0 amide bonds. The number of imidazole rings is 1. The molecule has 0 radical (unpaired) electrons. The van der Waals surface area contributed by atoms with Crippen LogP contribution >= 0.6 is 0 Å². The summed E-state index contributed by atoms with van der Waals surface area (Å²) < 4.78 is 7.46. The third kappa shape index (κ3) is 3.18. The molecule has 108 valence electrons. The van der Waals surface area contributed by atoms with Gasteiger partial charge in [-0.2, -0.15) is 0 Å². The highest BCUT2D eigenvalue weighted by Crippen LogP contribution is 2.28. The molecule has 1 atom stereocenters. The smallest absolute Gasteiger partial charge is 0.123 e. The third-order valence-corrected chi connectivity index (χ3v) is 3.54. The molecule has 2 rings (SSSR count). The number of methoxy groups -OCH3 is 1. The van der Waals surface area contributed by atoms with Crippen molar-refractivity contribution in [1.29, 1.82) is 0 Å². The number of aromatic nitrogens is 2. The zero-order valence-electron chi connectivity index (χ0n) is 12.3. The summed E-state index contributed by atoms with van der Waals surface area (Å²) in [5.41, 5.74) is 5.17. The fourth-order valence-corrected chi connectivity index (χ4v) is 2.37. The second-order valence-corrected chi connectivity index (χ2v) is 4.96. The molecular formula is C15H22N4O. The van der Waals surface area contributed by atoms with Crippen LogP contribution in [0.25, 0.3) is 0 Å². The van der Waals surface area contributed by atoms with Crippen LogP contribution in [0.2, 0.25) is 0 Å². The Morgan fingerprint density at radius 1 is 1.45 bits per heavy atom. The minimum absolute atomic E-state index is 0.0431. The van der Waals surface area contributed by atoms with Crippen molar-refractivity contribution < 1.29 is 4.74 Å². The van der Waals surface area contributed by atoms with E-state index >= 15 is 0 Å². The molecule has 1 aromatic heterocycles. The Kier molecular flexibility index (Phi) is 4.76. The standard InChI is InChI=1S/C15H22N4O/c1-11-4-6-14(20-3)12(10-11)13(18-16)5-7-15-17-8-9-19(15)2/h4,6,8-10,13,18H,5,7,16H2,1-3H3. The molecule has 5 nitrogen and oxygen atoms in total. The normalized spacial score (nSPS) is 12.4. The predicted octanol–water partition coefficient (Wildman–Crippen LogP) is 1.87. The lowest BCUT2D eigenvalue weighted by molar-refractivity contribution is 0.395. The lowest BCUT2D eigenvalue weighted by atomic mass is 9.99. The summed E-state index contributed by atoms with van der Waals surface area (Å²) in [6.07, 6.45) is 5.48. The molecule has 0 aliphatic rings. The van der Waals surface area contributed by atoms with Crippen LogP contribution in [0.15, 0.2) is 30.6 Å². The van der Waals surface area contributed by atoms with Gasteiger partial charge in [-0.15, -0.1) is 0 Å². The first kappa shape index (κ1) is 14.6. The first-order valence-corrected chi connectivity index (χ1v) is 6.72. The predicted molar refractivity (Wildman–Crippen MR) is 79.3 cm³/mol. The molecule has 0 saturated carbocycles. The van der Waals surface area contributed by atoms with E-state index in [1.54, 1.807) is 7.11 Å². The quantitative estimate of drug-likeness (QED) is 0.623. The van der Waals surface area contributed by atoms with Crippen LogP contribution in [0, 0.1) is 6.92 Å². The van der Waals surface area contributed by atoms with Gasteiger partial charge in [-0.3, -0.25) is 11.3 Å². The average molecular weight is 274 g/mol. The Balaban J connectivity index is 2.16. The number of ether oxygens (including phenoxy) is 1. The number of nitrogens with one attached hydrogen (secondary N) is 1. The van der Waals surface area contributed by atoms with Crippen molar-refractivity contribution in [1.82, 2.24) is 15.0 Å². The van der Waals surface area contributed by atoms with Crippen molar-refractivity contribution in [2.75, 3.05) is 7.11 Å². The zero-order valence-corrected chi connectivity index (χ0v) is 12.3. The van der Waals surface area contributed by atoms with Crippen molar-refractivity contribution in [3.05, 3.63) is 47.5 Å². The number of nitrogens with two attached hydrogens (primary N) is 1. The fraction of sp³-hybridized carbons (Fsp3) is 0.400. The summed E-state index contributed by atoms with van der Waals surface area (Å²) in [5.74, 6) is 7.64. The molecule has 3 N–H and O–H groups in total. The number of benzene rings is 1. The van der Waals surface area contributed by atoms with Crippen LogP contribution in [0.4, 0.5) is 0 Å². The molecule has 0 spiro atoms. The van der Waals surface area contributed by atoms with Crippen LogP contribution in [-0.2, 0) is 13.5 Å². The monoisotopic (exact) mass is 274 g/mol. The summed E-state index contributed by atoms with van der Waals surface area (Å²) in [7, 11) is 3.68. The maximum Gasteiger partial charge on any atom is 0.123 e. The minimum atomic E-state index is 0.0431. The summed E-state index contributed by atoms with van der Waals surface area (Å²) in [6.45, 7) is 2.06. The first-order chi connectivity index (χ1) is 9.65. The van der Waals surface area contributed by atoms with Gasteiger partial charge in [0.15, 0.2) is 0 Å². The molecule has 5 heteroatoms. The Hall–Kier alpha value is -1.85. The van der Waals surface area contributed by atoms with Gasteiger partial charge >= 0.3 is 0 Å². The second-order valence-electron chi connectivity index (χ2n) is 4.96. The summed E-state index contributed by atoms with van der Waals surface area (Å²) in [4.78, 5) is 4.34. The molecule has 1 heterocycles. The third-order valence-electron chi connectivity index (χ3n) is 3.54. The van der Waals surface area contributed by atoms with Crippen molar-refractivity contribution in [3.63, 3.8) is 0 Å². The minimum Gasteiger partial charge on any atom is -0.496 e. The number of aryl methyl sites for hydroxylation is 3. The number of nitrogens with zero attached hydrogens (tertiary/aromatic N) is 2. The Morgan fingerprint density at radius 3 is 2.85 bits per heavy atom. The van der Waals surface area contributed by atoms with E-state index in [0.717, 1.165) is 30.0 Å². The molecule has 0 bridgehead atoms. The van der Waals surface area contributed by atoms with Gasteiger partial charge in [0.2, 0.25) is 0 Å². The molecule has 1 unspecified atom stereocenters. The summed E-state index contributed by atoms with van der Waals surface area (Å²) in [6, 6.07) is 6.17. The van der Waals surface area contributed by atoms with Crippen LogP contribution in [-0.4, -0.2) is 16.7 Å². The van der Waals surface area contributed by atoms with Gasteiger partial charge in [0.25, 0.3) is 0 Å². The van der Waals surface area contributed by atoms with Crippen molar-refractivity contribution >= 4 is 0 Å². The topological polar surface area (TPSA) is 65.1 Å². The highest BCUT2D eigenvalue weighted by atomic mass is 16.5. The molecule has 0 fully saturated rings. The number of hydrogen-bond donors (Lipinski definition) is 2. The van der Waals surface area contributed by atoms with E-state index in [9.17, 15) is 0 Å². The molecule has 0 aliphatic heterocycles. The van der Waals surface area contributed by atoms with Crippen LogP contribution in [0.3, 0.4) is 0 Å². The number of hydrazine groups is 1. The number of hydrogen-bond acceptors (Lipinski definition) is 4. The Morgan fingerprint density at radius 2 is 2.25 bits per heavy atom. The fourth-order valence-electron chi connectivity index (χ4n) is 2.37. The van der Waals surface area contributed by atoms with E-state index in [2.05, 4.69) is 23.4 Å². The lowest BCUT2D eigenvalue weighted by Crippen LogP contribution is -2.29. The van der Waals surface area contributed by atoms with Crippen LogP contribution < -0.4 is 16.0 Å². The molecule has 0 aliphatic carbocycles. The SMILES string of the molecule is COc1ccc(C)cc1C(CCc1nccn1C)NN. The molecule has 1 aromatic carbocycles. The van der Waals surface area contributed by atoms with E-state index in [1.807, 2.05) is 36.1 Å². The zero-order chi connectivity index (χ0) is 14.5. The van der Waals surface area contributed by atoms with E-state index < -0.39 is 0 Å². The van der Waals surface area contributed by atoms with Gasteiger partial charge in [-0.1, -0.05) is 17.7 Å². The van der Waals surface area contributed by atoms with Gasteiger partial charge in [0, 0.05) is 31.4 Å². The van der Waals surface area contributed by atoms with Gasteiger partial charge < -0.3 is 9.30 Å². The van der Waals surface area contributed by atoms with Crippen molar-refractivity contribution in [2.45, 2.75) is 25.8 Å². The molecular weight excluding hydrogens is 252 g/mol. The Labute approximate surface area is 119 Å². The Bertz CT molecular complexity index is 565. The van der Waals surface area contributed by atoms with E-state index in [4.69, 9.17) is 10.6 Å². The van der Waals surface area contributed by atoms with Crippen LogP contribution in [0.5, 0.6) is 5.75 Å². The lowest BCUT2D eigenvalue weighted by Gasteiger charge is -2.19. The van der Waals surface area contributed by atoms with Crippen molar-refractivity contribution in [3.8, 4) is 5.75 Å². The van der Waals surface area contributed by atoms with Gasteiger partial charge in [0.1, 0.15) is 11.6 Å².